The molecule has 1 atom stereocenters. The predicted octanol–water partition coefficient (Wildman–Crippen LogP) is 4.24. The standard InChI is InChI=1S/C24H29Cl2N3O4S/c1-17(24(31)27-21-5-3-4-6-21)28(15-18-7-9-19(25)10-8-18)23(30)16-29(34(2,32)33)22-13-11-20(26)12-14-22/h7-14,17,21H,3-6,15-16H2,1-2H3,(H,27,31)/t17-/m1/s1. The number of carbonyl (C=O) groups is 2. The lowest BCUT2D eigenvalue weighted by Gasteiger charge is -2.32. The van der Waals surface area contributed by atoms with Crippen LogP contribution in [-0.2, 0) is 26.2 Å². The Morgan fingerprint density at radius 2 is 1.53 bits per heavy atom. The average molecular weight is 526 g/mol. The largest absolute Gasteiger partial charge is 0.352 e. The first-order chi connectivity index (χ1) is 16.0. The zero-order valence-electron chi connectivity index (χ0n) is 19.2. The van der Waals surface area contributed by atoms with Crippen LogP contribution in [0.1, 0.15) is 38.2 Å². The molecule has 0 saturated heterocycles. The summed E-state index contributed by atoms with van der Waals surface area (Å²) in [4.78, 5) is 27.9. The lowest BCUT2D eigenvalue weighted by atomic mass is 10.1. The first kappa shape index (κ1) is 26.3. The molecule has 2 aromatic carbocycles. The van der Waals surface area contributed by atoms with E-state index in [4.69, 9.17) is 23.2 Å². The Labute approximate surface area is 211 Å². The van der Waals surface area contributed by atoms with Crippen LogP contribution in [0, 0.1) is 0 Å². The van der Waals surface area contributed by atoms with E-state index in [9.17, 15) is 18.0 Å². The van der Waals surface area contributed by atoms with Crippen LogP contribution in [0.25, 0.3) is 0 Å². The van der Waals surface area contributed by atoms with Crippen LogP contribution in [0.3, 0.4) is 0 Å². The van der Waals surface area contributed by atoms with E-state index in [2.05, 4.69) is 5.32 Å². The van der Waals surface area contributed by atoms with Crippen molar-refractivity contribution in [1.82, 2.24) is 10.2 Å². The van der Waals surface area contributed by atoms with Crippen molar-refractivity contribution in [3.8, 4) is 0 Å². The molecule has 0 aliphatic heterocycles. The smallest absolute Gasteiger partial charge is 0.244 e. The Balaban J connectivity index is 1.86. The Bertz CT molecular complexity index is 1100. The minimum Gasteiger partial charge on any atom is -0.352 e. The van der Waals surface area contributed by atoms with E-state index >= 15 is 0 Å². The number of hydrogen-bond acceptors (Lipinski definition) is 4. The molecule has 1 N–H and O–H groups in total. The Morgan fingerprint density at radius 3 is 2.06 bits per heavy atom. The first-order valence-electron chi connectivity index (χ1n) is 11.1. The molecular formula is C24H29Cl2N3O4S. The zero-order chi connectivity index (χ0) is 24.9. The third kappa shape index (κ3) is 7.10. The van der Waals surface area contributed by atoms with Crippen LogP contribution in [0.5, 0.6) is 0 Å². The van der Waals surface area contributed by atoms with Gasteiger partial charge < -0.3 is 10.2 Å². The summed E-state index contributed by atoms with van der Waals surface area (Å²) in [6, 6.07) is 12.5. The summed E-state index contributed by atoms with van der Waals surface area (Å²) >= 11 is 11.9. The maximum Gasteiger partial charge on any atom is 0.244 e. The second-order valence-electron chi connectivity index (χ2n) is 8.56. The molecule has 3 rings (SSSR count). The van der Waals surface area contributed by atoms with Gasteiger partial charge in [0.05, 0.1) is 11.9 Å². The molecule has 1 aliphatic carbocycles. The summed E-state index contributed by atoms with van der Waals surface area (Å²) in [5, 5.41) is 4.03. The van der Waals surface area contributed by atoms with Crippen molar-refractivity contribution in [2.45, 2.75) is 51.2 Å². The molecule has 1 aliphatic rings. The number of amides is 2. The van der Waals surface area contributed by atoms with E-state index in [-0.39, 0.29) is 18.5 Å². The van der Waals surface area contributed by atoms with Crippen molar-refractivity contribution < 1.29 is 18.0 Å². The molecule has 0 radical (unpaired) electrons. The van der Waals surface area contributed by atoms with Gasteiger partial charge in [0.25, 0.3) is 0 Å². The molecule has 184 valence electrons. The highest BCUT2D eigenvalue weighted by molar-refractivity contribution is 7.92. The Kier molecular flexibility index (Phi) is 8.84. The number of sulfonamides is 1. The van der Waals surface area contributed by atoms with Crippen LogP contribution in [0.2, 0.25) is 10.0 Å². The molecule has 2 aromatic rings. The maximum absolute atomic E-state index is 13.5. The van der Waals surface area contributed by atoms with Gasteiger partial charge >= 0.3 is 0 Å². The van der Waals surface area contributed by atoms with Crippen LogP contribution in [0.4, 0.5) is 5.69 Å². The number of rotatable bonds is 9. The van der Waals surface area contributed by atoms with Crippen LogP contribution >= 0.6 is 23.2 Å². The van der Waals surface area contributed by atoms with Gasteiger partial charge in [-0.25, -0.2) is 8.42 Å². The van der Waals surface area contributed by atoms with Gasteiger partial charge in [0.15, 0.2) is 0 Å². The molecule has 1 saturated carbocycles. The van der Waals surface area contributed by atoms with Gasteiger partial charge in [0.1, 0.15) is 12.6 Å². The van der Waals surface area contributed by atoms with Gasteiger partial charge in [-0.2, -0.15) is 0 Å². The SMILES string of the molecule is C[C@H](C(=O)NC1CCCC1)N(Cc1ccc(Cl)cc1)C(=O)CN(c1ccc(Cl)cc1)S(C)(=O)=O. The van der Waals surface area contributed by atoms with Crippen LogP contribution in [0.15, 0.2) is 48.5 Å². The van der Waals surface area contributed by atoms with E-state index < -0.39 is 28.5 Å². The van der Waals surface area contributed by atoms with E-state index in [0.717, 1.165) is 41.8 Å². The lowest BCUT2D eigenvalue weighted by Crippen LogP contribution is -2.52. The summed E-state index contributed by atoms with van der Waals surface area (Å²) in [6.45, 7) is 1.34. The van der Waals surface area contributed by atoms with E-state index in [0.29, 0.717) is 15.7 Å². The van der Waals surface area contributed by atoms with Gasteiger partial charge in [0, 0.05) is 22.6 Å². The molecule has 7 nitrogen and oxygen atoms in total. The molecular weight excluding hydrogens is 497 g/mol. The fourth-order valence-corrected chi connectivity index (χ4v) is 5.08. The third-order valence-electron chi connectivity index (χ3n) is 5.93. The molecule has 0 bridgehead atoms. The van der Waals surface area contributed by atoms with Crippen molar-refractivity contribution in [3.05, 3.63) is 64.1 Å². The predicted molar refractivity (Wildman–Crippen MR) is 136 cm³/mol. The number of halogens is 2. The summed E-state index contributed by atoms with van der Waals surface area (Å²) in [5.74, 6) is -0.754. The van der Waals surface area contributed by atoms with E-state index in [1.54, 1.807) is 43.3 Å². The van der Waals surface area contributed by atoms with E-state index in [1.807, 2.05) is 0 Å². The van der Waals surface area contributed by atoms with Crippen molar-refractivity contribution in [2.24, 2.45) is 0 Å². The fourth-order valence-electron chi connectivity index (χ4n) is 3.98. The minimum absolute atomic E-state index is 0.101. The van der Waals surface area contributed by atoms with E-state index in [1.165, 1.54) is 17.0 Å². The molecule has 0 unspecified atom stereocenters. The summed E-state index contributed by atoms with van der Waals surface area (Å²) < 4.78 is 26.1. The average Bonchev–Trinajstić information content (AvgIpc) is 3.29. The first-order valence-corrected chi connectivity index (χ1v) is 13.7. The molecule has 2 amide bonds. The van der Waals surface area contributed by atoms with Gasteiger partial charge in [-0.1, -0.05) is 48.2 Å². The van der Waals surface area contributed by atoms with Crippen LogP contribution < -0.4 is 9.62 Å². The highest BCUT2D eigenvalue weighted by Gasteiger charge is 2.31. The minimum atomic E-state index is -3.78. The maximum atomic E-state index is 13.5. The van der Waals surface area contributed by atoms with Gasteiger partial charge in [-0.15, -0.1) is 0 Å². The number of nitrogens with one attached hydrogen (secondary N) is 1. The quantitative estimate of drug-likeness (QED) is 0.530. The third-order valence-corrected chi connectivity index (χ3v) is 7.57. The topological polar surface area (TPSA) is 86.8 Å². The number of hydrogen-bond donors (Lipinski definition) is 1. The molecule has 10 heteroatoms. The second kappa shape index (κ2) is 11.4. The monoisotopic (exact) mass is 525 g/mol. The molecule has 1 fully saturated rings. The lowest BCUT2D eigenvalue weighted by molar-refractivity contribution is -0.139. The Hall–Kier alpha value is -2.29. The molecule has 34 heavy (non-hydrogen) atoms. The number of anilines is 1. The van der Waals surface area contributed by atoms with Crippen molar-refractivity contribution in [2.75, 3.05) is 17.1 Å². The summed E-state index contributed by atoms with van der Waals surface area (Å²) in [7, 11) is -3.78. The summed E-state index contributed by atoms with van der Waals surface area (Å²) in [6.07, 6.45) is 5.01. The van der Waals surface area contributed by atoms with Crippen molar-refractivity contribution >= 4 is 50.7 Å². The van der Waals surface area contributed by atoms with Gasteiger partial charge in [-0.3, -0.25) is 13.9 Å². The fraction of sp³-hybridized carbons (Fsp3) is 0.417. The van der Waals surface area contributed by atoms with Gasteiger partial charge in [-0.05, 0) is 61.7 Å². The van der Waals surface area contributed by atoms with Gasteiger partial charge in [0.2, 0.25) is 21.8 Å². The van der Waals surface area contributed by atoms with Crippen molar-refractivity contribution in [1.29, 1.82) is 0 Å². The number of benzene rings is 2. The molecule has 0 spiro atoms. The highest BCUT2D eigenvalue weighted by Crippen LogP contribution is 2.22. The Morgan fingerprint density at radius 1 is 1.00 bits per heavy atom. The van der Waals surface area contributed by atoms with Crippen molar-refractivity contribution in [3.63, 3.8) is 0 Å². The second-order valence-corrected chi connectivity index (χ2v) is 11.3. The van der Waals surface area contributed by atoms with Crippen LogP contribution in [-0.4, -0.2) is 50.0 Å². The highest BCUT2D eigenvalue weighted by atomic mass is 35.5. The molecule has 0 aromatic heterocycles. The normalized spacial score (nSPS) is 15.1. The summed E-state index contributed by atoms with van der Waals surface area (Å²) in [5.41, 5.74) is 1.09. The number of nitrogens with zero attached hydrogens (tertiary/aromatic N) is 2. The number of carbonyl (C=O) groups excluding carboxylic acids is 2. The molecule has 0 heterocycles. The zero-order valence-corrected chi connectivity index (χ0v) is 21.5.